The number of aryl methyl sites for hydroxylation is 1. The van der Waals surface area contributed by atoms with Gasteiger partial charge >= 0.3 is 0 Å². The molecule has 21 heavy (non-hydrogen) atoms. The van der Waals surface area contributed by atoms with Crippen molar-refractivity contribution in [2.45, 2.75) is 26.2 Å². The van der Waals surface area contributed by atoms with Gasteiger partial charge in [-0.15, -0.1) is 0 Å². The number of anilines is 1. The Morgan fingerprint density at radius 3 is 2.71 bits per heavy atom. The summed E-state index contributed by atoms with van der Waals surface area (Å²) in [7, 11) is 0. The molecule has 1 aromatic rings. The highest BCUT2D eigenvalue weighted by molar-refractivity contribution is 8.27. The maximum absolute atomic E-state index is 12.6. The topological polar surface area (TPSA) is 20.3 Å². The molecule has 1 aromatic carbocycles. The number of hydrogen-bond acceptors (Lipinski definition) is 3. The summed E-state index contributed by atoms with van der Waals surface area (Å²) in [4.78, 5) is 15.0. The first-order valence-corrected chi connectivity index (χ1v) is 8.37. The molecule has 1 aliphatic heterocycles. The van der Waals surface area contributed by atoms with Gasteiger partial charge in [-0.3, -0.25) is 9.69 Å². The maximum Gasteiger partial charge on any atom is 0.270 e. The third-order valence-electron chi connectivity index (χ3n) is 3.78. The van der Waals surface area contributed by atoms with E-state index in [9.17, 15) is 4.79 Å². The van der Waals surface area contributed by atoms with Crippen LogP contribution in [-0.4, -0.2) is 10.2 Å². The van der Waals surface area contributed by atoms with Gasteiger partial charge in [-0.2, -0.15) is 0 Å². The summed E-state index contributed by atoms with van der Waals surface area (Å²) in [6.45, 7) is 2.03. The Bertz CT molecular complexity index is 631. The second kappa shape index (κ2) is 6.16. The van der Waals surface area contributed by atoms with Crippen molar-refractivity contribution >= 4 is 39.9 Å². The van der Waals surface area contributed by atoms with Crippen LogP contribution in [0.3, 0.4) is 0 Å². The quantitative estimate of drug-likeness (QED) is 0.452. The van der Waals surface area contributed by atoms with E-state index in [1.165, 1.54) is 17.3 Å². The fourth-order valence-corrected chi connectivity index (χ4v) is 3.95. The van der Waals surface area contributed by atoms with Gasteiger partial charge in [-0.1, -0.05) is 59.9 Å². The predicted molar refractivity (Wildman–Crippen MR) is 93.4 cm³/mol. The van der Waals surface area contributed by atoms with Crippen LogP contribution in [0.25, 0.3) is 0 Å². The molecule has 108 valence electrons. The molecule has 0 radical (unpaired) electrons. The van der Waals surface area contributed by atoms with Crippen LogP contribution >= 0.6 is 24.0 Å². The van der Waals surface area contributed by atoms with Gasteiger partial charge in [0.1, 0.15) is 0 Å². The van der Waals surface area contributed by atoms with Crippen molar-refractivity contribution in [3.8, 4) is 0 Å². The first-order chi connectivity index (χ1) is 10.1. The average molecular weight is 315 g/mol. The van der Waals surface area contributed by atoms with E-state index < -0.39 is 0 Å². The lowest BCUT2D eigenvalue weighted by atomic mass is 9.94. The van der Waals surface area contributed by atoms with Crippen molar-refractivity contribution in [3.63, 3.8) is 0 Å². The SMILES string of the molecule is Cc1ccc(N2C(=O)/C(=C\[C@@H]3CC=CCC3)SC2=S)cc1. The van der Waals surface area contributed by atoms with E-state index >= 15 is 0 Å². The summed E-state index contributed by atoms with van der Waals surface area (Å²) in [5.74, 6) is 0.477. The monoisotopic (exact) mass is 315 g/mol. The number of carbonyl (C=O) groups excluding carboxylic acids is 1. The molecule has 1 atom stereocenters. The zero-order valence-corrected chi connectivity index (χ0v) is 13.5. The lowest BCUT2D eigenvalue weighted by Gasteiger charge is -2.15. The fraction of sp³-hybridized carbons (Fsp3) is 0.294. The minimum Gasteiger partial charge on any atom is -0.268 e. The Morgan fingerprint density at radius 1 is 1.29 bits per heavy atom. The molecule has 2 nitrogen and oxygen atoms in total. The molecule has 0 bridgehead atoms. The third-order valence-corrected chi connectivity index (χ3v) is 5.10. The molecule has 1 fully saturated rings. The Balaban J connectivity index is 1.83. The molecule has 3 rings (SSSR count). The molecule has 2 aliphatic rings. The van der Waals surface area contributed by atoms with Crippen LogP contribution in [0.1, 0.15) is 24.8 Å². The Morgan fingerprint density at radius 2 is 2.05 bits per heavy atom. The highest BCUT2D eigenvalue weighted by Crippen LogP contribution is 2.36. The standard InChI is InChI=1S/C17H17NOS2/c1-12-7-9-14(10-8-12)18-16(19)15(21-17(18)20)11-13-5-3-2-4-6-13/h2-3,7-11,13H,4-6H2,1H3/b15-11+/t13-/m1/s1. The highest BCUT2D eigenvalue weighted by Gasteiger charge is 2.33. The fourth-order valence-electron chi connectivity index (χ4n) is 2.58. The lowest BCUT2D eigenvalue weighted by Crippen LogP contribution is -2.27. The van der Waals surface area contributed by atoms with Gasteiger partial charge in [0.25, 0.3) is 5.91 Å². The minimum atomic E-state index is 0.0170. The lowest BCUT2D eigenvalue weighted by molar-refractivity contribution is -0.113. The van der Waals surface area contributed by atoms with Crippen molar-refractivity contribution in [1.29, 1.82) is 0 Å². The van der Waals surface area contributed by atoms with E-state index in [1.807, 2.05) is 31.2 Å². The van der Waals surface area contributed by atoms with Crippen molar-refractivity contribution in [1.82, 2.24) is 0 Å². The van der Waals surface area contributed by atoms with Gasteiger partial charge in [0.2, 0.25) is 0 Å². The van der Waals surface area contributed by atoms with Crippen LogP contribution in [0.2, 0.25) is 0 Å². The van der Waals surface area contributed by atoms with E-state index in [0.717, 1.165) is 29.9 Å². The van der Waals surface area contributed by atoms with Gasteiger partial charge < -0.3 is 0 Å². The molecule has 0 unspecified atom stereocenters. The first-order valence-electron chi connectivity index (χ1n) is 7.15. The van der Waals surface area contributed by atoms with Crippen LogP contribution < -0.4 is 4.90 Å². The predicted octanol–water partition coefficient (Wildman–Crippen LogP) is 4.60. The summed E-state index contributed by atoms with van der Waals surface area (Å²) < 4.78 is 0.626. The number of thioether (sulfide) groups is 1. The third kappa shape index (κ3) is 3.11. The number of amides is 1. The summed E-state index contributed by atoms with van der Waals surface area (Å²) >= 11 is 6.81. The van der Waals surface area contributed by atoms with Gasteiger partial charge in [0.05, 0.1) is 10.6 Å². The zero-order valence-electron chi connectivity index (χ0n) is 11.9. The average Bonchev–Trinajstić information content (AvgIpc) is 2.76. The molecule has 0 spiro atoms. The molecule has 4 heteroatoms. The van der Waals surface area contributed by atoms with Crippen molar-refractivity contribution < 1.29 is 4.79 Å². The molecule has 1 aliphatic carbocycles. The number of carbonyl (C=O) groups is 1. The smallest absolute Gasteiger partial charge is 0.268 e. The van der Waals surface area contributed by atoms with Crippen molar-refractivity contribution in [2.75, 3.05) is 4.90 Å². The van der Waals surface area contributed by atoms with Gasteiger partial charge in [-0.25, -0.2) is 0 Å². The van der Waals surface area contributed by atoms with Crippen LogP contribution in [-0.2, 0) is 4.79 Å². The van der Waals surface area contributed by atoms with Gasteiger partial charge in [-0.05, 0) is 44.2 Å². The van der Waals surface area contributed by atoms with Crippen LogP contribution in [0.5, 0.6) is 0 Å². The van der Waals surface area contributed by atoms with Crippen LogP contribution in [0, 0.1) is 12.8 Å². The number of thiocarbonyl (C=S) groups is 1. The largest absolute Gasteiger partial charge is 0.270 e. The minimum absolute atomic E-state index is 0.0170. The molecule has 0 saturated carbocycles. The highest BCUT2D eigenvalue weighted by atomic mass is 32.2. The van der Waals surface area contributed by atoms with Crippen molar-refractivity contribution in [2.24, 2.45) is 5.92 Å². The molecule has 1 saturated heterocycles. The van der Waals surface area contributed by atoms with E-state index in [1.54, 1.807) is 4.90 Å². The maximum atomic E-state index is 12.6. The number of allylic oxidation sites excluding steroid dienone is 3. The summed E-state index contributed by atoms with van der Waals surface area (Å²) in [6.07, 6.45) is 9.75. The molecule has 1 amide bonds. The van der Waals surface area contributed by atoms with Gasteiger partial charge in [0.15, 0.2) is 4.32 Å². The van der Waals surface area contributed by atoms with E-state index in [0.29, 0.717) is 10.2 Å². The Hall–Kier alpha value is -1.39. The number of benzene rings is 1. The molecule has 0 aromatic heterocycles. The first kappa shape index (κ1) is 14.5. The van der Waals surface area contributed by atoms with Crippen LogP contribution in [0.4, 0.5) is 5.69 Å². The molecule has 0 N–H and O–H groups in total. The Kier molecular flexibility index (Phi) is 4.27. The summed E-state index contributed by atoms with van der Waals surface area (Å²) in [5.41, 5.74) is 2.03. The summed E-state index contributed by atoms with van der Waals surface area (Å²) in [5, 5.41) is 0. The van der Waals surface area contributed by atoms with Gasteiger partial charge in [0, 0.05) is 0 Å². The second-order valence-corrected chi connectivity index (χ2v) is 7.10. The molecular formula is C17H17NOS2. The van der Waals surface area contributed by atoms with E-state index in [2.05, 4.69) is 18.2 Å². The van der Waals surface area contributed by atoms with Crippen LogP contribution in [0.15, 0.2) is 47.4 Å². The van der Waals surface area contributed by atoms with E-state index in [-0.39, 0.29) is 5.91 Å². The number of nitrogens with zero attached hydrogens (tertiary/aromatic N) is 1. The zero-order chi connectivity index (χ0) is 14.8. The molecule has 1 heterocycles. The van der Waals surface area contributed by atoms with Crippen molar-refractivity contribution in [3.05, 3.63) is 53.0 Å². The number of hydrogen-bond donors (Lipinski definition) is 0. The second-order valence-electron chi connectivity index (χ2n) is 5.42. The van der Waals surface area contributed by atoms with E-state index in [4.69, 9.17) is 12.2 Å². The summed E-state index contributed by atoms with van der Waals surface area (Å²) in [6, 6.07) is 7.91. The normalized spacial score (nSPS) is 24.1. The molecular weight excluding hydrogens is 298 g/mol. The Labute approximate surface area is 134 Å². The number of rotatable bonds is 2.